The molecule has 0 aliphatic carbocycles. The Morgan fingerprint density at radius 3 is 2.34 bits per heavy atom. The predicted octanol–water partition coefficient (Wildman–Crippen LogP) is 4.98. The number of nitrogens with zero attached hydrogens (tertiary/aromatic N) is 3. The van der Waals surface area contributed by atoms with Crippen LogP contribution in [0.15, 0.2) is 53.7 Å². The standard InChI is InChI=1S/C22H23Cl2N5O2S/c1-13(2)19(26-21(31)14-7-5-4-6-8-14)20-27-28-22(29(20)3)32-12-18(30)25-17-10-15(23)9-16(24)11-17/h4-11,13,19H,12H2,1-3H3,(H,25,30)(H,26,31)/t19-/m0/s1. The third-order valence-corrected chi connectivity index (χ3v) is 6.07. The van der Waals surface area contributed by atoms with Gasteiger partial charge in [-0.05, 0) is 36.2 Å². The molecular weight excluding hydrogens is 469 g/mol. The molecule has 1 atom stereocenters. The second-order valence-electron chi connectivity index (χ2n) is 7.46. The van der Waals surface area contributed by atoms with Gasteiger partial charge in [-0.1, -0.05) is 67.0 Å². The van der Waals surface area contributed by atoms with Gasteiger partial charge in [-0.25, -0.2) is 0 Å². The zero-order chi connectivity index (χ0) is 23.3. The fourth-order valence-electron chi connectivity index (χ4n) is 3.02. The van der Waals surface area contributed by atoms with Crippen molar-refractivity contribution in [3.05, 3.63) is 70.0 Å². The van der Waals surface area contributed by atoms with Crippen LogP contribution in [0.4, 0.5) is 5.69 Å². The first-order valence-corrected chi connectivity index (χ1v) is 11.6. The van der Waals surface area contributed by atoms with Gasteiger partial charge in [-0.2, -0.15) is 0 Å². The Labute approximate surface area is 200 Å². The van der Waals surface area contributed by atoms with E-state index >= 15 is 0 Å². The first-order chi connectivity index (χ1) is 15.2. The number of halogens is 2. The van der Waals surface area contributed by atoms with Crippen molar-refractivity contribution in [1.82, 2.24) is 20.1 Å². The molecular formula is C22H23Cl2N5O2S. The highest BCUT2D eigenvalue weighted by molar-refractivity contribution is 7.99. The lowest BCUT2D eigenvalue weighted by Crippen LogP contribution is -2.33. The van der Waals surface area contributed by atoms with Crippen molar-refractivity contribution in [1.29, 1.82) is 0 Å². The average molecular weight is 492 g/mol. The van der Waals surface area contributed by atoms with Crippen molar-refractivity contribution in [2.45, 2.75) is 25.0 Å². The number of carbonyl (C=O) groups is 2. The second-order valence-corrected chi connectivity index (χ2v) is 9.27. The summed E-state index contributed by atoms with van der Waals surface area (Å²) >= 11 is 13.2. The van der Waals surface area contributed by atoms with Gasteiger partial charge in [-0.15, -0.1) is 10.2 Å². The molecule has 10 heteroatoms. The molecule has 0 radical (unpaired) electrons. The molecule has 0 unspecified atom stereocenters. The van der Waals surface area contributed by atoms with Crippen LogP contribution >= 0.6 is 35.0 Å². The van der Waals surface area contributed by atoms with E-state index in [4.69, 9.17) is 23.2 Å². The molecule has 3 rings (SSSR count). The van der Waals surface area contributed by atoms with E-state index in [2.05, 4.69) is 20.8 Å². The monoisotopic (exact) mass is 491 g/mol. The van der Waals surface area contributed by atoms with Crippen molar-refractivity contribution in [3.63, 3.8) is 0 Å². The first-order valence-electron chi connectivity index (χ1n) is 9.88. The molecule has 1 aromatic heterocycles. The van der Waals surface area contributed by atoms with Crippen LogP contribution in [0.25, 0.3) is 0 Å². The van der Waals surface area contributed by atoms with E-state index in [0.717, 1.165) is 0 Å². The lowest BCUT2D eigenvalue weighted by molar-refractivity contribution is -0.113. The summed E-state index contributed by atoms with van der Waals surface area (Å²) < 4.78 is 1.80. The summed E-state index contributed by atoms with van der Waals surface area (Å²) in [5.74, 6) is 0.420. The molecule has 2 aromatic carbocycles. The molecule has 0 saturated carbocycles. The molecule has 0 spiro atoms. The molecule has 2 amide bonds. The summed E-state index contributed by atoms with van der Waals surface area (Å²) in [5, 5.41) is 15.7. The Bertz CT molecular complexity index is 1080. The maximum atomic E-state index is 12.6. The molecule has 7 nitrogen and oxygen atoms in total. The van der Waals surface area contributed by atoms with Gasteiger partial charge < -0.3 is 15.2 Å². The minimum absolute atomic E-state index is 0.0827. The van der Waals surface area contributed by atoms with E-state index in [9.17, 15) is 9.59 Å². The topological polar surface area (TPSA) is 88.9 Å². The van der Waals surface area contributed by atoms with Crippen molar-refractivity contribution in [3.8, 4) is 0 Å². The van der Waals surface area contributed by atoms with Gasteiger partial charge in [0.2, 0.25) is 5.91 Å². The quantitative estimate of drug-likeness (QED) is 0.433. The number of amides is 2. The molecule has 2 N–H and O–H groups in total. The van der Waals surface area contributed by atoms with Crippen LogP contribution in [-0.2, 0) is 11.8 Å². The van der Waals surface area contributed by atoms with Gasteiger partial charge in [0.1, 0.15) is 0 Å². The number of anilines is 1. The number of thioether (sulfide) groups is 1. The van der Waals surface area contributed by atoms with Crippen LogP contribution in [0.1, 0.15) is 36.1 Å². The molecule has 0 saturated heterocycles. The summed E-state index contributed by atoms with van der Waals surface area (Å²) in [5.41, 5.74) is 1.10. The minimum atomic E-state index is -0.336. The Hall–Kier alpha value is -2.55. The highest BCUT2D eigenvalue weighted by Gasteiger charge is 2.25. The van der Waals surface area contributed by atoms with Gasteiger partial charge in [0.15, 0.2) is 11.0 Å². The fourth-order valence-corrected chi connectivity index (χ4v) is 4.26. The predicted molar refractivity (Wildman–Crippen MR) is 128 cm³/mol. The van der Waals surface area contributed by atoms with Crippen molar-refractivity contribution >= 4 is 52.5 Å². The van der Waals surface area contributed by atoms with Gasteiger partial charge in [0, 0.05) is 28.3 Å². The number of rotatable bonds is 8. The van der Waals surface area contributed by atoms with E-state index in [1.54, 1.807) is 34.9 Å². The summed E-state index contributed by atoms with van der Waals surface area (Å²) in [6.07, 6.45) is 0. The highest BCUT2D eigenvalue weighted by atomic mass is 35.5. The summed E-state index contributed by atoms with van der Waals surface area (Å²) in [6.45, 7) is 4.00. The number of hydrogen-bond acceptors (Lipinski definition) is 5. The molecule has 0 aliphatic heterocycles. The smallest absolute Gasteiger partial charge is 0.251 e. The number of carbonyl (C=O) groups excluding carboxylic acids is 2. The molecule has 3 aromatic rings. The fraction of sp³-hybridized carbons (Fsp3) is 0.273. The maximum absolute atomic E-state index is 12.6. The normalized spacial score (nSPS) is 11.9. The average Bonchev–Trinajstić information content (AvgIpc) is 3.10. The Balaban J connectivity index is 1.66. The number of nitrogens with one attached hydrogen (secondary N) is 2. The lowest BCUT2D eigenvalue weighted by Gasteiger charge is -2.21. The van der Waals surface area contributed by atoms with E-state index in [1.165, 1.54) is 11.8 Å². The Kier molecular flexibility index (Phi) is 8.17. The van der Waals surface area contributed by atoms with Crippen molar-refractivity contribution < 1.29 is 9.59 Å². The van der Waals surface area contributed by atoms with Crippen molar-refractivity contribution in [2.24, 2.45) is 13.0 Å². The summed E-state index contributed by atoms with van der Waals surface area (Å²) in [7, 11) is 1.82. The molecule has 1 heterocycles. The molecule has 0 fully saturated rings. The third kappa shape index (κ3) is 6.25. The van der Waals surface area contributed by atoms with Crippen molar-refractivity contribution in [2.75, 3.05) is 11.1 Å². The second kappa shape index (κ2) is 10.8. The highest BCUT2D eigenvalue weighted by Crippen LogP contribution is 2.25. The van der Waals surface area contributed by atoms with E-state index in [-0.39, 0.29) is 29.5 Å². The molecule has 0 aliphatic rings. The van der Waals surface area contributed by atoms with Crippen LogP contribution < -0.4 is 10.6 Å². The number of aromatic nitrogens is 3. The van der Waals surface area contributed by atoms with Crippen LogP contribution in [0.5, 0.6) is 0 Å². The Morgan fingerprint density at radius 2 is 1.72 bits per heavy atom. The van der Waals surface area contributed by atoms with Crippen LogP contribution in [-0.4, -0.2) is 32.3 Å². The molecule has 0 bridgehead atoms. The zero-order valence-electron chi connectivity index (χ0n) is 17.8. The van der Waals surface area contributed by atoms with Crippen LogP contribution in [0.3, 0.4) is 0 Å². The van der Waals surface area contributed by atoms with Gasteiger partial charge >= 0.3 is 0 Å². The van der Waals surface area contributed by atoms with Crippen LogP contribution in [0.2, 0.25) is 10.0 Å². The van der Waals surface area contributed by atoms with E-state index < -0.39 is 0 Å². The lowest BCUT2D eigenvalue weighted by atomic mass is 10.0. The van der Waals surface area contributed by atoms with Gasteiger partial charge in [0.05, 0.1) is 11.8 Å². The first kappa shape index (κ1) is 24.1. The molecule has 32 heavy (non-hydrogen) atoms. The number of hydrogen-bond donors (Lipinski definition) is 2. The SMILES string of the molecule is CC(C)[C@H](NC(=O)c1ccccc1)c1nnc(SCC(=O)Nc2cc(Cl)cc(Cl)c2)n1C. The maximum Gasteiger partial charge on any atom is 0.251 e. The summed E-state index contributed by atoms with van der Waals surface area (Å²) in [4.78, 5) is 25.0. The zero-order valence-corrected chi connectivity index (χ0v) is 20.1. The minimum Gasteiger partial charge on any atom is -0.342 e. The van der Waals surface area contributed by atoms with Gasteiger partial charge in [0.25, 0.3) is 5.91 Å². The number of benzene rings is 2. The van der Waals surface area contributed by atoms with Gasteiger partial charge in [-0.3, -0.25) is 9.59 Å². The summed E-state index contributed by atoms with van der Waals surface area (Å²) in [6, 6.07) is 13.5. The van der Waals surface area contributed by atoms with E-state index in [1.807, 2.05) is 39.1 Å². The van der Waals surface area contributed by atoms with Crippen LogP contribution in [0, 0.1) is 5.92 Å². The third-order valence-electron chi connectivity index (χ3n) is 4.61. The molecule has 168 valence electrons. The Morgan fingerprint density at radius 1 is 1.06 bits per heavy atom. The van der Waals surface area contributed by atoms with E-state index in [0.29, 0.717) is 32.3 Å². The largest absolute Gasteiger partial charge is 0.342 e.